The van der Waals surface area contributed by atoms with Crippen LogP contribution >= 0.6 is 0 Å². The van der Waals surface area contributed by atoms with Crippen molar-refractivity contribution in [3.05, 3.63) is 36.2 Å². The molecule has 2 aromatic rings. The zero-order valence-corrected chi connectivity index (χ0v) is 17.0. The fourth-order valence-electron chi connectivity index (χ4n) is 5.07. The minimum Gasteiger partial charge on any atom is -0.396 e. The monoisotopic (exact) mass is 409 g/mol. The van der Waals surface area contributed by atoms with E-state index in [9.17, 15) is 14.7 Å². The van der Waals surface area contributed by atoms with Gasteiger partial charge in [0.1, 0.15) is 6.33 Å². The van der Waals surface area contributed by atoms with Crippen LogP contribution < -0.4 is 0 Å². The Labute approximate surface area is 175 Å². The van der Waals surface area contributed by atoms with Gasteiger partial charge in [-0.15, -0.1) is 0 Å². The van der Waals surface area contributed by atoms with Crippen LogP contribution in [-0.4, -0.2) is 74.2 Å². The fraction of sp³-hybridized carbons (Fsp3) is 0.545. The largest absolute Gasteiger partial charge is 0.396 e. The van der Waals surface area contributed by atoms with Gasteiger partial charge in [0, 0.05) is 42.1 Å². The molecule has 0 radical (unpaired) electrons. The van der Waals surface area contributed by atoms with Crippen LogP contribution in [0, 0.1) is 11.3 Å². The van der Waals surface area contributed by atoms with Crippen molar-refractivity contribution >= 4 is 11.8 Å². The van der Waals surface area contributed by atoms with E-state index in [1.165, 1.54) is 6.33 Å². The van der Waals surface area contributed by atoms with Crippen LogP contribution in [0.15, 0.2) is 30.6 Å². The van der Waals surface area contributed by atoms with Gasteiger partial charge in [0.05, 0.1) is 12.6 Å². The summed E-state index contributed by atoms with van der Waals surface area (Å²) in [5, 5.41) is 17.0. The topological polar surface area (TPSA) is 102 Å². The van der Waals surface area contributed by atoms with E-state index in [0.717, 1.165) is 37.7 Å². The molecule has 1 aromatic carbocycles. The van der Waals surface area contributed by atoms with Crippen molar-refractivity contribution in [2.45, 2.75) is 38.1 Å². The minimum atomic E-state index is -0.311. The number of rotatable bonds is 4. The second kappa shape index (κ2) is 7.50. The Morgan fingerprint density at radius 1 is 1.17 bits per heavy atom. The van der Waals surface area contributed by atoms with Gasteiger partial charge in [0.2, 0.25) is 5.91 Å². The first-order chi connectivity index (χ1) is 14.6. The zero-order valence-electron chi connectivity index (χ0n) is 17.0. The van der Waals surface area contributed by atoms with Crippen LogP contribution in [0.4, 0.5) is 0 Å². The summed E-state index contributed by atoms with van der Waals surface area (Å²) in [6.07, 6.45) is 5.93. The van der Waals surface area contributed by atoms with Gasteiger partial charge in [-0.2, -0.15) is 5.10 Å². The van der Waals surface area contributed by atoms with E-state index in [4.69, 9.17) is 0 Å². The van der Waals surface area contributed by atoms with E-state index in [1.54, 1.807) is 0 Å². The molecule has 3 heterocycles. The lowest BCUT2D eigenvalue weighted by atomic mass is 9.68. The highest BCUT2D eigenvalue weighted by atomic mass is 16.3. The molecule has 2 saturated heterocycles. The van der Waals surface area contributed by atoms with Crippen LogP contribution in [0.1, 0.15) is 42.5 Å². The number of nitrogens with one attached hydrogen (secondary N) is 1. The SMILES string of the molecule is O=C(C1CC1)N1CC[C@]2(CO)CCCN(C(=O)c3ccc(-c4ncn[nH]4)cc3)[C@H]2C1. The molecule has 0 spiro atoms. The second-order valence-electron chi connectivity index (χ2n) is 8.86. The maximum absolute atomic E-state index is 13.4. The highest BCUT2D eigenvalue weighted by Crippen LogP contribution is 2.44. The molecule has 2 atom stereocenters. The summed E-state index contributed by atoms with van der Waals surface area (Å²) >= 11 is 0. The minimum absolute atomic E-state index is 0.0395. The third-order valence-corrected chi connectivity index (χ3v) is 7.06. The molecule has 2 aliphatic heterocycles. The van der Waals surface area contributed by atoms with Crippen molar-refractivity contribution in [1.29, 1.82) is 0 Å². The normalized spacial score (nSPS) is 26.4. The number of carbonyl (C=O) groups excluding carboxylic acids is 2. The molecule has 8 nitrogen and oxygen atoms in total. The highest BCUT2D eigenvalue weighted by molar-refractivity contribution is 5.95. The summed E-state index contributed by atoms with van der Waals surface area (Å²) in [7, 11) is 0. The average molecular weight is 409 g/mol. The lowest BCUT2D eigenvalue weighted by Crippen LogP contribution is -2.64. The van der Waals surface area contributed by atoms with Gasteiger partial charge in [-0.05, 0) is 44.2 Å². The molecule has 0 unspecified atom stereocenters. The van der Waals surface area contributed by atoms with Crippen molar-refractivity contribution in [2.24, 2.45) is 11.3 Å². The number of carbonyl (C=O) groups is 2. The predicted molar refractivity (Wildman–Crippen MR) is 109 cm³/mol. The number of fused-ring (bicyclic) bond motifs is 1. The molecule has 5 rings (SSSR count). The second-order valence-corrected chi connectivity index (χ2v) is 8.86. The number of likely N-dealkylation sites (tertiary alicyclic amines) is 2. The van der Waals surface area contributed by atoms with Crippen LogP contribution in [0.2, 0.25) is 0 Å². The molecule has 8 heteroatoms. The molecule has 158 valence electrons. The summed E-state index contributed by atoms with van der Waals surface area (Å²) in [5.74, 6) is 1.01. The van der Waals surface area contributed by atoms with E-state index < -0.39 is 0 Å². The first-order valence-electron chi connectivity index (χ1n) is 10.8. The summed E-state index contributed by atoms with van der Waals surface area (Å²) < 4.78 is 0. The quantitative estimate of drug-likeness (QED) is 0.800. The van der Waals surface area contributed by atoms with Gasteiger partial charge in [-0.3, -0.25) is 14.7 Å². The molecule has 1 saturated carbocycles. The number of aliphatic hydroxyl groups excluding tert-OH is 1. The third kappa shape index (κ3) is 3.29. The molecule has 3 aliphatic rings. The maximum Gasteiger partial charge on any atom is 0.254 e. The van der Waals surface area contributed by atoms with Crippen molar-refractivity contribution < 1.29 is 14.7 Å². The van der Waals surface area contributed by atoms with Crippen LogP contribution in [-0.2, 0) is 4.79 Å². The molecule has 2 amide bonds. The van der Waals surface area contributed by atoms with Gasteiger partial charge in [-0.1, -0.05) is 12.1 Å². The number of H-pyrrole nitrogens is 1. The van der Waals surface area contributed by atoms with E-state index in [-0.39, 0.29) is 35.8 Å². The molecule has 0 bridgehead atoms. The molecule has 30 heavy (non-hydrogen) atoms. The average Bonchev–Trinajstić information content (AvgIpc) is 3.51. The first-order valence-corrected chi connectivity index (χ1v) is 10.8. The predicted octanol–water partition coefficient (Wildman–Crippen LogP) is 1.70. The molecule has 1 aliphatic carbocycles. The Hall–Kier alpha value is -2.74. The van der Waals surface area contributed by atoms with Crippen LogP contribution in [0.5, 0.6) is 0 Å². The summed E-state index contributed by atoms with van der Waals surface area (Å²) in [6.45, 7) is 1.91. The van der Waals surface area contributed by atoms with Gasteiger partial charge >= 0.3 is 0 Å². The zero-order chi connectivity index (χ0) is 20.7. The lowest BCUT2D eigenvalue weighted by molar-refractivity contribution is -0.140. The number of aromatic nitrogens is 3. The van der Waals surface area contributed by atoms with Gasteiger partial charge in [0.25, 0.3) is 5.91 Å². The maximum atomic E-state index is 13.4. The molecular weight excluding hydrogens is 382 g/mol. The van der Waals surface area contributed by atoms with Crippen LogP contribution in [0.3, 0.4) is 0 Å². The van der Waals surface area contributed by atoms with E-state index in [1.807, 2.05) is 34.1 Å². The summed E-state index contributed by atoms with van der Waals surface area (Å²) in [4.78, 5) is 34.1. The van der Waals surface area contributed by atoms with Crippen molar-refractivity contribution in [1.82, 2.24) is 25.0 Å². The smallest absolute Gasteiger partial charge is 0.254 e. The highest BCUT2D eigenvalue weighted by Gasteiger charge is 2.50. The standard InChI is InChI=1S/C22H27N5O3/c28-13-22-8-1-10-27(18(22)12-26(11-9-22)20(29)16-6-7-16)21(30)17-4-2-15(3-5-17)19-23-14-24-25-19/h2-5,14,16,18,28H,1,6-13H2,(H,23,24,25)/t18-,22-/m0/s1. The molecule has 1 aromatic heterocycles. The number of amides is 2. The van der Waals surface area contributed by atoms with E-state index in [0.29, 0.717) is 31.0 Å². The summed E-state index contributed by atoms with van der Waals surface area (Å²) in [5.41, 5.74) is 1.16. The number of hydrogen-bond donors (Lipinski definition) is 2. The first kappa shape index (κ1) is 19.2. The Morgan fingerprint density at radius 2 is 1.97 bits per heavy atom. The molecule has 3 fully saturated rings. The molecule has 2 N–H and O–H groups in total. The van der Waals surface area contributed by atoms with E-state index in [2.05, 4.69) is 15.2 Å². The fourth-order valence-corrected chi connectivity index (χ4v) is 5.07. The van der Waals surface area contributed by atoms with Crippen molar-refractivity contribution in [3.8, 4) is 11.4 Å². The van der Waals surface area contributed by atoms with Gasteiger partial charge in [0.15, 0.2) is 5.82 Å². The van der Waals surface area contributed by atoms with Crippen molar-refractivity contribution in [2.75, 3.05) is 26.2 Å². The number of aromatic amines is 1. The van der Waals surface area contributed by atoms with E-state index >= 15 is 0 Å². The number of benzene rings is 1. The Kier molecular flexibility index (Phi) is 4.81. The lowest BCUT2D eigenvalue weighted by Gasteiger charge is -2.54. The number of piperidine rings is 2. The number of hydrogen-bond acceptors (Lipinski definition) is 5. The molecular formula is C22H27N5O3. The van der Waals surface area contributed by atoms with Gasteiger partial charge in [-0.25, -0.2) is 4.98 Å². The Morgan fingerprint density at radius 3 is 2.63 bits per heavy atom. The van der Waals surface area contributed by atoms with Crippen LogP contribution in [0.25, 0.3) is 11.4 Å². The van der Waals surface area contributed by atoms with Crippen molar-refractivity contribution in [3.63, 3.8) is 0 Å². The number of aliphatic hydroxyl groups is 1. The third-order valence-electron chi connectivity index (χ3n) is 7.06. The number of nitrogens with zero attached hydrogens (tertiary/aromatic N) is 4. The Balaban J connectivity index is 1.39. The summed E-state index contributed by atoms with van der Waals surface area (Å²) in [6, 6.07) is 7.20. The van der Waals surface area contributed by atoms with Gasteiger partial charge < -0.3 is 14.9 Å². The Bertz CT molecular complexity index is 925.